The number of benzene rings is 1. The second kappa shape index (κ2) is 8.92. The van der Waals surface area contributed by atoms with Crippen LogP contribution in [0, 0.1) is 0 Å². The fourth-order valence-corrected chi connectivity index (χ4v) is 2.94. The minimum Gasteiger partial charge on any atom is -0.504 e. The highest BCUT2D eigenvalue weighted by atomic mass is 35.5. The standard InChI is InChI=1S/C19H22Cl2N2O6/c1-6-7-27-18(26)23-13-11(20)15(25)14-16(12(13)21)28-17(22-14)9(2)8-10(24)29-19(3,4)5/h6,9,25H,1,7-8H2,2-5H3,(H,23,26). The average Bonchev–Trinajstić information content (AvgIpc) is 3.06. The summed E-state index contributed by atoms with van der Waals surface area (Å²) in [5.41, 5.74) is -0.682. The van der Waals surface area contributed by atoms with E-state index in [0.717, 1.165) is 0 Å². The van der Waals surface area contributed by atoms with Crippen LogP contribution in [-0.2, 0) is 14.3 Å². The summed E-state index contributed by atoms with van der Waals surface area (Å²) < 4.78 is 15.8. The summed E-state index contributed by atoms with van der Waals surface area (Å²) in [6.07, 6.45) is 0.554. The number of esters is 1. The summed E-state index contributed by atoms with van der Waals surface area (Å²) in [4.78, 5) is 28.0. The van der Waals surface area contributed by atoms with Crippen molar-refractivity contribution in [3.05, 3.63) is 28.6 Å². The van der Waals surface area contributed by atoms with E-state index < -0.39 is 29.3 Å². The van der Waals surface area contributed by atoms with E-state index in [2.05, 4.69) is 16.9 Å². The number of carbonyl (C=O) groups is 2. The van der Waals surface area contributed by atoms with Gasteiger partial charge in [0.2, 0.25) is 0 Å². The van der Waals surface area contributed by atoms with Crippen molar-refractivity contribution in [3.8, 4) is 5.75 Å². The van der Waals surface area contributed by atoms with Crippen molar-refractivity contribution in [2.24, 2.45) is 0 Å². The number of hydrogen-bond acceptors (Lipinski definition) is 7. The van der Waals surface area contributed by atoms with E-state index in [1.165, 1.54) is 6.08 Å². The molecule has 1 atom stereocenters. The number of phenolic OH excluding ortho intramolecular Hbond substituents is 1. The predicted octanol–water partition coefficient (Wildman–Crippen LogP) is 5.41. The molecule has 0 radical (unpaired) electrons. The van der Waals surface area contributed by atoms with Crippen molar-refractivity contribution < 1.29 is 28.6 Å². The minimum atomic E-state index is -0.842. The maximum atomic E-state index is 12.1. The zero-order valence-electron chi connectivity index (χ0n) is 16.5. The number of ether oxygens (including phenoxy) is 2. The van der Waals surface area contributed by atoms with Crippen LogP contribution in [0.4, 0.5) is 10.5 Å². The Balaban J connectivity index is 2.34. The molecule has 1 heterocycles. The van der Waals surface area contributed by atoms with Crippen molar-refractivity contribution in [1.82, 2.24) is 4.98 Å². The number of nitrogens with zero attached hydrogens (tertiary/aromatic N) is 1. The Morgan fingerprint density at radius 1 is 1.34 bits per heavy atom. The van der Waals surface area contributed by atoms with Gasteiger partial charge in [-0.25, -0.2) is 9.78 Å². The first-order valence-corrected chi connectivity index (χ1v) is 9.47. The number of rotatable bonds is 6. The van der Waals surface area contributed by atoms with Crippen molar-refractivity contribution in [2.75, 3.05) is 11.9 Å². The number of hydrogen-bond donors (Lipinski definition) is 2. The quantitative estimate of drug-likeness (QED) is 0.452. The Morgan fingerprint density at radius 2 is 2.00 bits per heavy atom. The van der Waals surface area contributed by atoms with Crippen molar-refractivity contribution in [1.29, 1.82) is 0 Å². The summed E-state index contributed by atoms with van der Waals surface area (Å²) in [5, 5.41) is 12.4. The highest BCUT2D eigenvalue weighted by Gasteiger charge is 2.27. The number of anilines is 1. The zero-order valence-corrected chi connectivity index (χ0v) is 18.0. The van der Waals surface area contributed by atoms with Crippen LogP contribution in [0.5, 0.6) is 5.75 Å². The molecule has 1 amide bonds. The van der Waals surface area contributed by atoms with Crippen molar-refractivity contribution in [3.63, 3.8) is 0 Å². The molecule has 10 heteroatoms. The smallest absolute Gasteiger partial charge is 0.412 e. The average molecular weight is 445 g/mol. The lowest BCUT2D eigenvalue weighted by Crippen LogP contribution is -2.24. The van der Waals surface area contributed by atoms with Gasteiger partial charge in [-0.05, 0) is 20.8 Å². The van der Waals surface area contributed by atoms with E-state index >= 15 is 0 Å². The van der Waals surface area contributed by atoms with Gasteiger partial charge in [0, 0.05) is 5.92 Å². The third-order valence-corrected chi connectivity index (χ3v) is 4.32. The normalized spacial score (nSPS) is 12.5. The SMILES string of the molecule is C=CCOC(=O)Nc1c(Cl)c(O)c2nc(C(C)CC(=O)OC(C)(C)C)oc2c1Cl. The summed E-state index contributed by atoms with van der Waals surface area (Å²) in [5.74, 6) is -1.15. The molecule has 0 saturated heterocycles. The van der Waals surface area contributed by atoms with Gasteiger partial charge in [0.05, 0.1) is 12.1 Å². The van der Waals surface area contributed by atoms with Crippen LogP contribution < -0.4 is 5.32 Å². The molecule has 2 aromatic rings. The van der Waals surface area contributed by atoms with Crippen LogP contribution in [-0.4, -0.2) is 34.4 Å². The summed E-state index contributed by atoms with van der Waals surface area (Å²) >= 11 is 12.4. The molecular weight excluding hydrogens is 423 g/mol. The Labute approximate surface area is 177 Å². The number of fused-ring (bicyclic) bond motifs is 1. The molecule has 0 bridgehead atoms. The monoisotopic (exact) mass is 444 g/mol. The Hall–Kier alpha value is -2.45. The number of amides is 1. The van der Waals surface area contributed by atoms with E-state index in [1.807, 2.05) is 0 Å². The van der Waals surface area contributed by atoms with Gasteiger partial charge in [-0.3, -0.25) is 10.1 Å². The van der Waals surface area contributed by atoms with Gasteiger partial charge < -0.3 is 19.0 Å². The first kappa shape index (κ1) is 22.8. The van der Waals surface area contributed by atoms with Crippen molar-refractivity contribution in [2.45, 2.75) is 45.6 Å². The van der Waals surface area contributed by atoms with E-state index in [1.54, 1.807) is 27.7 Å². The molecule has 158 valence electrons. The van der Waals surface area contributed by atoms with Crippen LogP contribution in [0.2, 0.25) is 10.0 Å². The molecule has 2 N–H and O–H groups in total. The molecule has 1 aromatic carbocycles. The Bertz CT molecular complexity index is 949. The Kier molecular flexibility index (Phi) is 7.02. The lowest BCUT2D eigenvalue weighted by atomic mass is 10.1. The maximum absolute atomic E-state index is 12.1. The number of aromatic nitrogens is 1. The first-order valence-electron chi connectivity index (χ1n) is 8.71. The second-order valence-corrected chi connectivity index (χ2v) is 8.04. The first-order chi connectivity index (χ1) is 13.4. The zero-order chi connectivity index (χ0) is 21.9. The van der Waals surface area contributed by atoms with Crippen LogP contribution in [0.15, 0.2) is 17.1 Å². The van der Waals surface area contributed by atoms with E-state index in [-0.39, 0.29) is 45.8 Å². The number of halogens is 2. The molecule has 0 aliphatic heterocycles. The molecule has 8 nitrogen and oxygen atoms in total. The highest BCUT2D eigenvalue weighted by Crippen LogP contribution is 2.45. The van der Waals surface area contributed by atoms with Gasteiger partial charge in [0.1, 0.15) is 22.3 Å². The van der Waals surface area contributed by atoms with Crippen LogP contribution in [0.1, 0.15) is 45.9 Å². The third kappa shape index (κ3) is 5.55. The molecule has 1 unspecified atom stereocenters. The molecule has 0 spiro atoms. The van der Waals surface area contributed by atoms with Crippen molar-refractivity contribution >= 4 is 52.1 Å². The molecule has 0 saturated carbocycles. The van der Waals surface area contributed by atoms with Gasteiger partial charge >= 0.3 is 12.1 Å². The lowest BCUT2D eigenvalue weighted by Gasteiger charge is -2.20. The molecule has 2 rings (SSSR count). The number of oxazole rings is 1. The Morgan fingerprint density at radius 3 is 2.59 bits per heavy atom. The van der Waals surface area contributed by atoms with Gasteiger partial charge in [0.15, 0.2) is 22.7 Å². The number of aromatic hydroxyl groups is 1. The molecular formula is C19H22Cl2N2O6. The van der Waals surface area contributed by atoms with E-state index in [9.17, 15) is 14.7 Å². The van der Waals surface area contributed by atoms with Crippen LogP contribution in [0.25, 0.3) is 11.1 Å². The number of carbonyl (C=O) groups excluding carboxylic acids is 2. The van der Waals surface area contributed by atoms with E-state index in [4.69, 9.17) is 37.1 Å². The highest BCUT2D eigenvalue weighted by molar-refractivity contribution is 6.44. The molecule has 0 fully saturated rings. The summed E-state index contributed by atoms with van der Waals surface area (Å²) in [6.45, 7) is 10.4. The lowest BCUT2D eigenvalue weighted by molar-refractivity contribution is -0.155. The van der Waals surface area contributed by atoms with Crippen LogP contribution in [0.3, 0.4) is 0 Å². The fraction of sp³-hybridized carbons (Fsp3) is 0.421. The van der Waals surface area contributed by atoms with Gasteiger partial charge in [-0.1, -0.05) is 42.8 Å². The topological polar surface area (TPSA) is 111 Å². The minimum absolute atomic E-state index is 0.00912. The fourth-order valence-electron chi connectivity index (χ4n) is 2.39. The number of nitrogens with one attached hydrogen (secondary N) is 1. The molecule has 0 aliphatic rings. The molecule has 1 aromatic heterocycles. The predicted molar refractivity (Wildman–Crippen MR) is 110 cm³/mol. The third-order valence-electron chi connectivity index (χ3n) is 3.59. The largest absolute Gasteiger partial charge is 0.504 e. The summed E-state index contributed by atoms with van der Waals surface area (Å²) in [7, 11) is 0. The van der Waals surface area contributed by atoms with E-state index in [0.29, 0.717) is 0 Å². The second-order valence-electron chi connectivity index (χ2n) is 7.29. The van der Waals surface area contributed by atoms with Gasteiger partial charge in [-0.2, -0.15) is 0 Å². The van der Waals surface area contributed by atoms with Gasteiger partial charge in [0.25, 0.3) is 0 Å². The molecule has 29 heavy (non-hydrogen) atoms. The van der Waals surface area contributed by atoms with Crippen LogP contribution >= 0.6 is 23.2 Å². The maximum Gasteiger partial charge on any atom is 0.412 e. The number of phenols is 1. The summed E-state index contributed by atoms with van der Waals surface area (Å²) in [6, 6.07) is 0. The molecule has 0 aliphatic carbocycles. The van der Waals surface area contributed by atoms with Gasteiger partial charge in [-0.15, -0.1) is 0 Å².